The summed E-state index contributed by atoms with van der Waals surface area (Å²) >= 11 is 7.26. The molecule has 2 aromatic heterocycles. The van der Waals surface area contributed by atoms with Gasteiger partial charge in [0.2, 0.25) is 5.91 Å². The van der Waals surface area contributed by atoms with Crippen molar-refractivity contribution in [3.05, 3.63) is 65.9 Å². The number of halogens is 1. The number of anilines is 1. The standard InChI is InChI=1S/C24H25ClN4O4S2/c1-2-33-20-6-3-7-21-23(20)27-24(34-21)29(16-15-28-14-5-13-26-28)22(30)8-4-17-35(31,32)19-11-9-18(25)10-12-19/h3,5-7,9-14H,2,4,8,15-17H2,1H3. The number of thiazole rings is 1. The van der Waals surface area contributed by atoms with Crippen molar-refractivity contribution in [3.8, 4) is 5.75 Å². The third-order valence-electron chi connectivity index (χ3n) is 5.29. The molecule has 1 amide bonds. The van der Waals surface area contributed by atoms with E-state index in [4.69, 9.17) is 21.3 Å². The lowest BCUT2D eigenvalue weighted by Crippen LogP contribution is -2.34. The van der Waals surface area contributed by atoms with E-state index in [2.05, 4.69) is 5.10 Å². The van der Waals surface area contributed by atoms with Gasteiger partial charge < -0.3 is 4.74 Å². The Balaban J connectivity index is 1.51. The second kappa shape index (κ2) is 11.2. The molecule has 0 aliphatic heterocycles. The summed E-state index contributed by atoms with van der Waals surface area (Å²) < 4.78 is 33.7. The van der Waals surface area contributed by atoms with Gasteiger partial charge >= 0.3 is 0 Å². The van der Waals surface area contributed by atoms with Crippen LogP contribution in [0.1, 0.15) is 19.8 Å². The van der Waals surface area contributed by atoms with Gasteiger partial charge in [-0.2, -0.15) is 5.10 Å². The van der Waals surface area contributed by atoms with E-state index < -0.39 is 9.84 Å². The second-order valence-electron chi connectivity index (χ2n) is 7.72. The summed E-state index contributed by atoms with van der Waals surface area (Å²) in [7, 11) is -3.52. The molecule has 0 aliphatic carbocycles. The molecule has 0 spiro atoms. The number of hydrogen-bond acceptors (Lipinski definition) is 7. The van der Waals surface area contributed by atoms with Gasteiger partial charge in [0, 0.05) is 30.4 Å². The number of hydrogen-bond donors (Lipinski definition) is 0. The summed E-state index contributed by atoms with van der Waals surface area (Å²) in [5.74, 6) is 0.336. The van der Waals surface area contributed by atoms with Gasteiger partial charge in [0.25, 0.3) is 0 Å². The highest BCUT2D eigenvalue weighted by Crippen LogP contribution is 2.34. The van der Waals surface area contributed by atoms with E-state index in [9.17, 15) is 13.2 Å². The summed E-state index contributed by atoms with van der Waals surface area (Å²) in [4.78, 5) is 19.8. The molecule has 0 atom stereocenters. The molecule has 4 aromatic rings. The van der Waals surface area contributed by atoms with Gasteiger partial charge in [0.1, 0.15) is 11.3 Å². The molecule has 2 heterocycles. The first-order chi connectivity index (χ1) is 16.9. The normalized spacial score (nSPS) is 11.6. The van der Waals surface area contributed by atoms with Crippen LogP contribution in [0, 0.1) is 0 Å². The van der Waals surface area contributed by atoms with E-state index in [0.29, 0.717) is 41.1 Å². The van der Waals surface area contributed by atoms with Gasteiger partial charge in [-0.1, -0.05) is 29.0 Å². The summed E-state index contributed by atoms with van der Waals surface area (Å²) in [5.41, 5.74) is 0.705. The molecule has 0 bridgehead atoms. The highest BCUT2D eigenvalue weighted by molar-refractivity contribution is 7.91. The SMILES string of the molecule is CCOc1cccc2sc(N(CCn3cccn3)C(=O)CCCS(=O)(=O)c3ccc(Cl)cc3)nc12. The number of nitrogens with zero attached hydrogens (tertiary/aromatic N) is 4. The number of fused-ring (bicyclic) bond motifs is 1. The second-order valence-corrected chi connectivity index (χ2v) is 11.3. The molecule has 2 aromatic carbocycles. The molecule has 0 saturated carbocycles. The third kappa shape index (κ3) is 6.19. The molecule has 184 valence electrons. The smallest absolute Gasteiger partial charge is 0.228 e. The highest BCUT2D eigenvalue weighted by Gasteiger charge is 2.22. The average Bonchev–Trinajstić information content (AvgIpc) is 3.50. The topological polar surface area (TPSA) is 94.4 Å². The van der Waals surface area contributed by atoms with Gasteiger partial charge in [-0.25, -0.2) is 13.4 Å². The largest absolute Gasteiger partial charge is 0.492 e. The molecule has 0 N–H and O–H groups in total. The fraction of sp³-hybridized carbons (Fsp3) is 0.292. The predicted octanol–water partition coefficient (Wildman–Crippen LogP) is 4.83. The molecule has 0 radical (unpaired) electrons. The number of carbonyl (C=O) groups is 1. The van der Waals surface area contributed by atoms with Gasteiger partial charge in [0.15, 0.2) is 15.0 Å². The van der Waals surface area contributed by atoms with Crippen LogP contribution in [0.4, 0.5) is 5.13 Å². The van der Waals surface area contributed by atoms with Crippen molar-refractivity contribution in [1.29, 1.82) is 0 Å². The quantitative estimate of drug-likeness (QED) is 0.274. The Morgan fingerprint density at radius 2 is 1.97 bits per heavy atom. The lowest BCUT2D eigenvalue weighted by molar-refractivity contribution is -0.118. The Hall–Kier alpha value is -2.95. The van der Waals surface area contributed by atoms with Crippen molar-refractivity contribution in [2.75, 3.05) is 23.8 Å². The van der Waals surface area contributed by atoms with Crippen molar-refractivity contribution >= 4 is 54.0 Å². The lowest BCUT2D eigenvalue weighted by Gasteiger charge is -2.20. The van der Waals surface area contributed by atoms with Gasteiger partial charge in [0.05, 0.1) is 28.5 Å². The maximum absolute atomic E-state index is 13.3. The van der Waals surface area contributed by atoms with Crippen LogP contribution < -0.4 is 9.64 Å². The minimum absolute atomic E-state index is 0.0696. The summed E-state index contributed by atoms with van der Waals surface area (Å²) in [6, 6.07) is 13.5. The number of aromatic nitrogens is 3. The minimum Gasteiger partial charge on any atom is -0.492 e. The third-order valence-corrected chi connectivity index (χ3v) is 8.40. The Bertz CT molecular complexity index is 1390. The van der Waals surface area contributed by atoms with Gasteiger partial charge in [-0.05, 0) is 55.8 Å². The van der Waals surface area contributed by atoms with Crippen LogP contribution in [0.15, 0.2) is 65.8 Å². The molecule has 0 saturated heterocycles. The lowest BCUT2D eigenvalue weighted by atomic mass is 10.3. The summed E-state index contributed by atoms with van der Waals surface area (Å²) in [6.07, 6.45) is 3.77. The number of sulfone groups is 1. The number of carbonyl (C=O) groups excluding carboxylic acids is 1. The molecule has 0 aliphatic rings. The van der Waals surface area contributed by atoms with Crippen LogP contribution in [0.2, 0.25) is 5.02 Å². The van der Waals surface area contributed by atoms with Crippen LogP contribution >= 0.6 is 22.9 Å². The van der Waals surface area contributed by atoms with Crippen molar-refractivity contribution in [2.45, 2.75) is 31.2 Å². The maximum atomic E-state index is 13.3. The summed E-state index contributed by atoms with van der Waals surface area (Å²) in [6.45, 7) is 3.25. The monoisotopic (exact) mass is 532 g/mol. The molecule has 11 heteroatoms. The van der Waals surface area contributed by atoms with E-state index in [1.165, 1.54) is 23.5 Å². The van der Waals surface area contributed by atoms with E-state index in [0.717, 1.165) is 4.70 Å². The molecular formula is C24H25ClN4O4S2. The van der Waals surface area contributed by atoms with E-state index in [-0.39, 0.29) is 29.4 Å². The zero-order valence-electron chi connectivity index (χ0n) is 19.1. The molecule has 8 nitrogen and oxygen atoms in total. The number of rotatable bonds is 11. The summed E-state index contributed by atoms with van der Waals surface area (Å²) in [5, 5.41) is 5.22. The van der Waals surface area contributed by atoms with E-state index in [1.54, 1.807) is 27.9 Å². The van der Waals surface area contributed by atoms with E-state index >= 15 is 0 Å². The highest BCUT2D eigenvalue weighted by atomic mass is 35.5. The molecular weight excluding hydrogens is 508 g/mol. The van der Waals surface area contributed by atoms with Crippen LogP contribution in [0.5, 0.6) is 5.75 Å². The fourth-order valence-corrected chi connectivity index (χ4v) is 6.03. The van der Waals surface area contributed by atoms with Crippen LogP contribution in [-0.4, -0.2) is 48.0 Å². The first-order valence-corrected chi connectivity index (χ1v) is 14.0. The van der Waals surface area contributed by atoms with Crippen LogP contribution in [0.3, 0.4) is 0 Å². The number of para-hydroxylation sites is 1. The van der Waals surface area contributed by atoms with Gasteiger partial charge in [-0.15, -0.1) is 0 Å². The predicted molar refractivity (Wildman–Crippen MR) is 138 cm³/mol. The minimum atomic E-state index is -3.52. The molecule has 0 unspecified atom stereocenters. The number of amides is 1. The molecule has 0 fully saturated rings. The Labute approximate surface area is 213 Å². The number of benzene rings is 2. The Kier molecular flexibility index (Phi) is 8.04. The van der Waals surface area contributed by atoms with E-state index in [1.807, 2.05) is 37.4 Å². The van der Waals surface area contributed by atoms with Crippen molar-refractivity contribution in [3.63, 3.8) is 0 Å². The molecule has 4 rings (SSSR count). The maximum Gasteiger partial charge on any atom is 0.228 e. The van der Waals surface area contributed by atoms with Gasteiger partial charge in [-0.3, -0.25) is 14.4 Å². The zero-order valence-corrected chi connectivity index (χ0v) is 21.5. The average molecular weight is 533 g/mol. The van der Waals surface area contributed by atoms with Crippen molar-refractivity contribution in [2.24, 2.45) is 0 Å². The Morgan fingerprint density at radius 1 is 1.17 bits per heavy atom. The van der Waals surface area contributed by atoms with Crippen LogP contribution in [0.25, 0.3) is 10.2 Å². The zero-order chi connectivity index (χ0) is 24.8. The molecule has 35 heavy (non-hydrogen) atoms. The fourth-order valence-electron chi connectivity index (χ4n) is 3.57. The van der Waals surface area contributed by atoms with Crippen molar-refractivity contribution in [1.82, 2.24) is 14.8 Å². The van der Waals surface area contributed by atoms with Crippen molar-refractivity contribution < 1.29 is 17.9 Å². The Morgan fingerprint density at radius 3 is 2.69 bits per heavy atom. The number of ether oxygens (including phenoxy) is 1. The van der Waals surface area contributed by atoms with Crippen LogP contribution in [-0.2, 0) is 21.2 Å². The first-order valence-electron chi connectivity index (χ1n) is 11.2. The first kappa shape index (κ1) is 25.2.